The van der Waals surface area contributed by atoms with Crippen LogP contribution in [-0.2, 0) is 18.9 Å². The lowest BCUT2D eigenvalue weighted by atomic mass is 9.86. The molecule has 0 spiro atoms. The molecule has 0 fully saturated rings. The lowest BCUT2D eigenvalue weighted by molar-refractivity contribution is 0.590. The van der Waals surface area contributed by atoms with Crippen molar-refractivity contribution >= 4 is 22.9 Å². The lowest BCUT2D eigenvalue weighted by Gasteiger charge is -2.20. The maximum Gasteiger partial charge on any atom is 0.293 e. The van der Waals surface area contributed by atoms with Crippen LogP contribution in [0.4, 0.5) is 17.2 Å². The van der Waals surface area contributed by atoms with Crippen LogP contribution in [0.1, 0.15) is 43.0 Å². The van der Waals surface area contributed by atoms with E-state index in [9.17, 15) is 4.79 Å². The molecule has 6 nitrogen and oxygen atoms in total. The van der Waals surface area contributed by atoms with Crippen LogP contribution in [0.25, 0.3) is 17.0 Å². The molecule has 0 bridgehead atoms. The Morgan fingerprint density at radius 1 is 1.03 bits per heavy atom. The van der Waals surface area contributed by atoms with Gasteiger partial charge in [0.2, 0.25) is 0 Å². The number of nitrogens with zero attached hydrogens (tertiary/aromatic N) is 2. The van der Waals surface area contributed by atoms with Crippen LogP contribution in [0.2, 0.25) is 0 Å². The van der Waals surface area contributed by atoms with Crippen molar-refractivity contribution < 1.29 is 0 Å². The molecule has 0 saturated heterocycles. The fraction of sp³-hybridized carbons (Fsp3) is 0.250. The van der Waals surface area contributed by atoms with Crippen molar-refractivity contribution in [3.8, 4) is 11.3 Å². The van der Waals surface area contributed by atoms with E-state index >= 15 is 0 Å². The molecule has 38 heavy (non-hydrogen) atoms. The number of aromatic nitrogens is 2. The Balaban J connectivity index is 1.60. The number of nitrogens with one attached hydrogen (secondary N) is 2. The second-order valence-corrected chi connectivity index (χ2v) is 10.7. The van der Waals surface area contributed by atoms with Gasteiger partial charge < -0.3 is 20.9 Å². The third-order valence-electron chi connectivity index (χ3n) is 6.72. The number of aryl methyl sites for hydroxylation is 1. The number of hydrogen-bond donors (Lipinski definition) is 3. The van der Waals surface area contributed by atoms with Gasteiger partial charge in [-0.3, -0.25) is 4.79 Å². The summed E-state index contributed by atoms with van der Waals surface area (Å²) in [6.07, 6.45) is 2.58. The molecule has 3 aromatic carbocycles. The zero-order valence-corrected chi connectivity index (χ0v) is 22.9. The highest BCUT2D eigenvalue weighted by molar-refractivity contribution is 5.80. The summed E-state index contributed by atoms with van der Waals surface area (Å²) >= 11 is 0. The van der Waals surface area contributed by atoms with Gasteiger partial charge >= 0.3 is 0 Å². The van der Waals surface area contributed by atoms with Crippen LogP contribution in [0.15, 0.2) is 84.3 Å². The van der Waals surface area contributed by atoms with Crippen LogP contribution in [0.3, 0.4) is 0 Å². The monoisotopic (exact) mass is 507 g/mol. The van der Waals surface area contributed by atoms with Crippen LogP contribution in [0, 0.1) is 6.92 Å². The average molecular weight is 508 g/mol. The standard InChI is InChI=1S/C32H37N5O/c1-21-27(8-7-9-28(21)34-22(2)24-12-14-25(15-13-24)32(3,4)5)29-20-37(6)31(38)30(36-29)35-26-16-10-23(11-17-26)18-19-33/h7-17,20,34H,2,18-19,33H2,1,3-6H3,(H,35,36). The van der Waals surface area contributed by atoms with E-state index in [4.69, 9.17) is 10.7 Å². The van der Waals surface area contributed by atoms with Gasteiger partial charge in [-0.25, -0.2) is 4.98 Å². The molecule has 196 valence electrons. The first-order chi connectivity index (χ1) is 18.1. The number of rotatable bonds is 8. The molecule has 4 rings (SSSR count). The van der Waals surface area contributed by atoms with E-state index < -0.39 is 0 Å². The van der Waals surface area contributed by atoms with Gasteiger partial charge in [0.25, 0.3) is 5.56 Å². The summed E-state index contributed by atoms with van der Waals surface area (Å²) in [4.78, 5) is 17.6. The maximum absolute atomic E-state index is 12.9. The van der Waals surface area contributed by atoms with Crippen LogP contribution in [0.5, 0.6) is 0 Å². The molecule has 4 N–H and O–H groups in total. The van der Waals surface area contributed by atoms with Crippen molar-refractivity contribution in [3.63, 3.8) is 0 Å². The predicted molar refractivity (Wildman–Crippen MR) is 160 cm³/mol. The molecule has 6 heteroatoms. The summed E-state index contributed by atoms with van der Waals surface area (Å²) in [5.74, 6) is 0.276. The third kappa shape index (κ3) is 6.03. The number of anilines is 3. The van der Waals surface area contributed by atoms with Gasteiger partial charge in [-0.2, -0.15) is 0 Å². The van der Waals surface area contributed by atoms with Crippen molar-refractivity contribution in [3.05, 3.63) is 112 Å². The molecule has 0 atom stereocenters. The Morgan fingerprint density at radius 2 is 1.71 bits per heavy atom. The zero-order chi connectivity index (χ0) is 27.4. The molecule has 0 saturated carbocycles. The fourth-order valence-electron chi connectivity index (χ4n) is 4.33. The smallest absolute Gasteiger partial charge is 0.293 e. The van der Waals surface area contributed by atoms with E-state index in [1.54, 1.807) is 17.8 Å². The molecule has 4 aromatic rings. The summed E-state index contributed by atoms with van der Waals surface area (Å²) in [5.41, 5.74) is 14.2. The quantitative estimate of drug-likeness (QED) is 0.258. The first-order valence-corrected chi connectivity index (χ1v) is 12.9. The van der Waals surface area contributed by atoms with E-state index in [0.717, 1.165) is 45.7 Å². The molecule has 0 aliphatic carbocycles. The first kappa shape index (κ1) is 26.9. The number of hydrogen-bond acceptors (Lipinski definition) is 5. The Hall–Kier alpha value is -4.16. The summed E-state index contributed by atoms with van der Waals surface area (Å²) < 4.78 is 1.56. The normalized spacial score (nSPS) is 11.3. The summed E-state index contributed by atoms with van der Waals surface area (Å²) in [6.45, 7) is 13.5. The lowest BCUT2D eigenvalue weighted by Crippen LogP contribution is -2.21. The second-order valence-electron chi connectivity index (χ2n) is 10.7. The largest absolute Gasteiger partial charge is 0.355 e. The number of benzene rings is 3. The van der Waals surface area contributed by atoms with Crippen molar-refractivity contribution in [1.82, 2.24) is 9.55 Å². The van der Waals surface area contributed by atoms with Gasteiger partial charge in [0.1, 0.15) is 0 Å². The molecule has 0 aliphatic heterocycles. The SMILES string of the molecule is C=C(Nc1cccc(-c2cn(C)c(=O)c(Nc3ccc(CCN)cc3)n2)c1C)c1ccc(C(C)(C)C)cc1. The van der Waals surface area contributed by atoms with Gasteiger partial charge in [0, 0.05) is 35.9 Å². The van der Waals surface area contributed by atoms with E-state index in [-0.39, 0.29) is 16.8 Å². The average Bonchev–Trinajstić information content (AvgIpc) is 2.88. The fourth-order valence-corrected chi connectivity index (χ4v) is 4.33. The molecule has 1 aromatic heterocycles. The van der Waals surface area contributed by atoms with Gasteiger partial charge in [0.15, 0.2) is 5.82 Å². The molecular formula is C32H37N5O. The minimum absolute atomic E-state index is 0.0998. The Bertz CT molecular complexity index is 1490. The Kier molecular flexibility index (Phi) is 7.83. The van der Waals surface area contributed by atoms with Crippen molar-refractivity contribution in [2.45, 2.75) is 39.5 Å². The molecular weight excluding hydrogens is 470 g/mol. The van der Waals surface area contributed by atoms with Gasteiger partial charge in [-0.05, 0) is 65.8 Å². The van der Waals surface area contributed by atoms with Crippen molar-refractivity contribution in [2.75, 3.05) is 17.2 Å². The Labute approximate surface area is 225 Å². The Morgan fingerprint density at radius 3 is 2.34 bits per heavy atom. The predicted octanol–water partition coefficient (Wildman–Crippen LogP) is 6.38. The van der Waals surface area contributed by atoms with E-state index in [0.29, 0.717) is 12.2 Å². The molecule has 0 aliphatic rings. The molecule has 0 unspecified atom stereocenters. The van der Waals surface area contributed by atoms with Gasteiger partial charge in [0.05, 0.1) is 5.69 Å². The van der Waals surface area contributed by atoms with Gasteiger partial charge in [-0.1, -0.05) is 75.9 Å². The van der Waals surface area contributed by atoms with Crippen LogP contribution >= 0.6 is 0 Å². The number of nitrogens with two attached hydrogens (primary N) is 1. The van der Waals surface area contributed by atoms with Gasteiger partial charge in [-0.15, -0.1) is 0 Å². The van der Waals surface area contributed by atoms with E-state index in [1.165, 1.54) is 5.56 Å². The second kappa shape index (κ2) is 11.1. The van der Waals surface area contributed by atoms with Crippen LogP contribution < -0.4 is 21.9 Å². The highest BCUT2D eigenvalue weighted by atomic mass is 16.1. The van der Waals surface area contributed by atoms with Crippen LogP contribution in [-0.4, -0.2) is 16.1 Å². The third-order valence-corrected chi connectivity index (χ3v) is 6.72. The topological polar surface area (TPSA) is 85.0 Å². The first-order valence-electron chi connectivity index (χ1n) is 12.9. The minimum atomic E-state index is -0.196. The molecule has 1 heterocycles. The summed E-state index contributed by atoms with van der Waals surface area (Å²) in [6, 6.07) is 22.4. The highest BCUT2D eigenvalue weighted by Crippen LogP contribution is 2.30. The summed E-state index contributed by atoms with van der Waals surface area (Å²) in [7, 11) is 1.74. The summed E-state index contributed by atoms with van der Waals surface area (Å²) in [5, 5.41) is 6.67. The molecule has 0 radical (unpaired) electrons. The minimum Gasteiger partial charge on any atom is -0.355 e. The maximum atomic E-state index is 12.9. The molecule has 0 amide bonds. The van der Waals surface area contributed by atoms with Crippen molar-refractivity contribution in [2.24, 2.45) is 12.8 Å². The van der Waals surface area contributed by atoms with E-state index in [2.05, 4.69) is 62.2 Å². The zero-order valence-electron chi connectivity index (χ0n) is 22.9. The van der Waals surface area contributed by atoms with E-state index in [1.807, 2.05) is 49.4 Å². The highest BCUT2D eigenvalue weighted by Gasteiger charge is 2.15. The van der Waals surface area contributed by atoms with Crippen molar-refractivity contribution in [1.29, 1.82) is 0 Å².